The van der Waals surface area contributed by atoms with Crippen LogP contribution >= 0.6 is 0 Å². The first-order valence-electron chi connectivity index (χ1n) is 10.2. The number of hydrogen-bond acceptors (Lipinski definition) is 5. The lowest BCUT2D eigenvalue weighted by molar-refractivity contribution is -0.126. The molecule has 3 rings (SSSR count). The van der Waals surface area contributed by atoms with Crippen molar-refractivity contribution in [3.8, 4) is 11.4 Å². The number of aryl methyl sites for hydroxylation is 2. The summed E-state index contributed by atoms with van der Waals surface area (Å²) in [5, 5.41) is 9.50. The highest BCUT2D eigenvalue weighted by Crippen LogP contribution is 2.23. The molecule has 2 aromatic rings. The van der Waals surface area contributed by atoms with Crippen molar-refractivity contribution in [1.82, 2.24) is 20.8 Å². The summed E-state index contributed by atoms with van der Waals surface area (Å²) in [4.78, 5) is 28.2. The van der Waals surface area contributed by atoms with Crippen LogP contribution < -0.4 is 10.6 Å². The number of aromatic nitrogens is 2. The largest absolute Gasteiger partial charge is 0.354 e. The molecule has 1 aliphatic carbocycles. The smallest absolute Gasteiger partial charge is 0.227 e. The summed E-state index contributed by atoms with van der Waals surface area (Å²) in [5.74, 6) is 0.339. The van der Waals surface area contributed by atoms with Gasteiger partial charge in [0.2, 0.25) is 23.5 Å². The predicted octanol–water partition coefficient (Wildman–Crippen LogP) is 2.93. The number of carbonyl (C=O) groups excluding carboxylic acids is 2. The summed E-state index contributed by atoms with van der Waals surface area (Å²) in [6.07, 6.45) is 5.85. The van der Waals surface area contributed by atoms with Gasteiger partial charge >= 0.3 is 0 Å². The van der Waals surface area contributed by atoms with Crippen LogP contribution in [0.5, 0.6) is 0 Å². The summed E-state index contributed by atoms with van der Waals surface area (Å²) < 4.78 is 18.8. The van der Waals surface area contributed by atoms with E-state index >= 15 is 0 Å². The Bertz CT molecular complexity index is 846. The maximum atomic E-state index is 13.7. The molecule has 156 valence electrons. The Hall–Kier alpha value is -2.77. The zero-order valence-electron chi connectivity index (χ0n) is 16.7. The van der Waals surface area contributed by atoms with Crippen LogP contribution in [0.2, 0.25) is 0 Å². The molecule has 1 aliphatic rings. The van der Waals surface area contributed by atoms with Gasteiger partial charge in [0, 0.05) is 37.4 Å². The molecule has 0 unspecified atom stereocenters. The average Bonchev–Trinajstić information content (AvgIpc) is 3.21. The fourth-order valence-corrected chi connectivity index (χ4v) is 3.41. The van der Waals surface area contributed by atoms with Crippen LogP contribution in [0, 0.1) is 18.7 Å². The number of nitrogens with zero attached hydrogens (tertiary/aromatic N) is 2. The third kappa shape index (κ3) is 6.10. The lowest BCUT2D eigenvalue weighted by Crippen LogP contribution is -2.38. The number of amides is 2. The lowest BCUT2D eigenvalue weighted by atomic mass is 9.89. The standard InChI is InChI=1S/C21H27FN4O3/c1-14-7-8-16(13-17(14)22)20-25-19(29-26-20)10-9-18(27)23-11-12-24-21(28)15-5-3-2-4-6-15/h7-8,13,15H,2-6,9-12H2,1H3,(H,23,27)(H,24,28). The molecule has 0 spiro atoms. The monoisotopic (exact) mass is 402 g/mol. The lowest BCUT2D eigenvalue weighted by Gasteiger charge is -2.20. The molecule has 1 fully saturated rings. The molecule has 1 heterocycles. The third-order valence-electron chi connectivity index (χ3n) is 5.19. The maximum absolute atomic E-state index is 13.7. The summed E-state index contributed by atoms with van der Waals surface area (Å²) in [7, 11) is 0. The highest BCUT2D eigenvalue weighted by atomic mass is 19.1. The van der Waals surface area contributed by atoms with Crippen molar-refractivity contribution in [2.24, 2.45) is 5.92 Å². The van der Waals surface area contributed by atoms with Crippen LogP contribution in [-0.2, 0) is 16.0 Å². The van der Waals surface area contributed by atoms with Crippen molar-refractivity contribution in [3.05, 3.63) is 35.5 Å². The van der Waals surface area contributed by atoms with Gasteiger partial charge in [-0.15, -0.1) is 0 Å². The van der Waals surface area contributed by atoms with Crippen molar-refractivity contribution in [3.63, 3.8) is 0 Å². The fourth-order valence-electron chi connectivity index (χ4n) is 3.41. The number of nitrogens with one attached hydrogen (secondary N) is 2. The van der Waals surface area contributed by atoms with Gasteiger partial charge < -0.3 is 15.2 Å². The van der Waals surface area contributed by atoms with Crippen molar-refractivity contribution < 1.29 is 18.5 Å². The average molecular weight is 402 g/mol. The van der Waals surface area contributed by atoms with Crippen molar-refractivity contribution in [2.45, 2.75) is 51.9 Å². The number of halogens is 1. The zero-order chi connectivity index (χ0) is 20.6. The molecule has 1 aromatic heterocycles. The van der Waals surface area contributed by atoms with E-state index in [4.69, 9.17) is 4.52 Å². The molecule has 0 aliphatic heterocycles. The Balaban J connectivity index is 1.36. The van der Waals surface area contributed by atoms with Crippen LogP contribution in [0.25, 0.3) is 11.4 Å². The second-order valence-corrected chi connectivity index (χ2v) is 7.45. The third-order valence-corrected chi connectivity index (χ3v) is 5.19. The molecule has 0 atom stereocenters. The van der Waals surface area contributed by atoms with E-state index in [1.807, 2.05) is 0 Å². The van der Waals surface area contributed by atoms with Crippen LogP contribution in [-0.4, -0.2) is 35.0 Å². The van der Waals surface area contributed by atoms with Gasteiger partial charge in [0.05, 0.1) is 0 Å². The molecular formula is C21H27FN4O3. The SMILES string of the molecule is Cc1ccc(-c2noc(CCC(=O)NCCNC(=O)C3CCCCC3)n2)cc1F. The Morgan fingerprint density at radius 3 is 2.69 bits per heavy atom. The van der Waals surface area contributed by atoms with Gasteiger partial charge in [-0.1, -0.05) is 36.6 Å². The van der Waals surface area contributed by atoms with Gasteiger partial charge in [0.25, 0.3) is 0 Å². The van der Waals surface area contributed by atoms with E-state index in [0.717, 1.165) is 25.7 Å². The molecule has 2 amide bonds. The molecule has 2 N–H and O–H groups in total. The van der Waals surface area contributed by atoms with E-state index in [2.05, 4.69) is 20.8 Å². The first-order valence-corrected chi connectivity index (χ1v) is 10.2. The molecule has 0 saturated heterocycles. The fraction of sp³-hybridized carbons (Fsp3) is 0.524. The summed E-state index contributed by atoms with van der Waals surface area (Å²) in [6, 6.07) is 4.74. The summed E-state index contributed by atoms with van der Waals surface area (Å²) in [5.41, 5.74) is 1.07. The van der Waals surface area contributed by atoms with Gasteiger partial charge in [-0.3, -0.25) is 9.59 Å². The minimum Gasteiger partial charge on any atom is -0.354 e. The molecular weight excluding hydrogens is 375 g/mol. The Labute approximate surface area is 169 Å². The van der Waals surface area contributed by atoms with Crippen LogP contribution in [0.1, 0.15) is 50.0 Å². The number of benzene rings is 1. The predicted molar refractivity (Wildman–Crippen MR) is 105 cm³/mol. The van der Waals surface area contributed by atoms with Gasteiger partial charge in [0.1, 0.15) is 5.82 Å². The Morgan fingerprint density at radius 1 is 1.17 bits per heavy atom. The summed E-state index contributed by atoms with van der Waals surface area (Å²) in [6.45, 7) is 2.49. The minimum absolute atomic E-state index is 0.0879. The van der Waals surface area contributed by atoms with Gasteiger partial charge in [-0.05, 0) is 31.4 Å². The van der Waals surface area contributed by atoms with Crippen molar-refractivity contribution >= 4 is 11.8 Å². The number of carbonyl (C=O) groups is 2. The van der Waals surface area contributed by atoms with E-state index in [0.29, 0.717) is 42.4 Å². The normalized spacial score (nSPS) is 14.6. The van der Waals surface area contributed by atoms with Gasteiger partial charge in [-0.2, -0.15) is 4.98 Å². The molecule has 7 nitrogen and oxygen atoms in total. The number of rotatable bonds is 8. The van der Waals surface area contributed by atoms with E-state index in [-0.39, 0.29) is 30.0 Å². The molecule has 8 heteroatoms. The minimum atomic E-state index is -0.330. The van der Waals surface area contributed by atoms with E-state index in [1.165, 1.54) is 12.5 Å². The quantitative estimate of drug-likeness (QED) is 0.662. The number of hydrogen-bond donors (Lipinski definition) is 2. The van der Waals surface area contributed by atoms with E-state index in [1.54, 1.807) is 19.1 Å². The van der Waals surface area contributed by atoms with Gasteiger partial charge in [0.15, 0.2) is 0 Å². The van der Waals surface area contributed by atoms with Crippen molar-refractivity contribution in [2.75, 3.05) is 13.1 Å². The first-order chi connectivity index (χ1) is 14.0. The summed E-state index contributed by atoms with van der Waals surface area (Å²) >= 11 is 0. The highest BCUT2D eigenvalue weighted by molar-refractivity contribution is 5.79. The Kier molecular flexibility index (Phi) is 7.32. The highest BCUT2D eigenvalue weighted by Gasteiger charge is 2.20. The second-order valence-electron chi connectivity index (χ2n) is 7.45. The molecule has 0 radical (unpaired) electrons. The van der Waals surface area contributed by atoms with Crippen LogP contribution in [0.4, 0.5) is 4.39 Å². The second kappa shape index (κ2) is 10.1. The van der Waals surface area contributed by atoms with E-state index in [9.17, 15) is 14.0 Å². The van der Waals surface area contributed by atoms with Gasteiger partial charge in [-0.25, -0.2) is 4.39 Å². The molecule has 0 bridgehead atoms. The first kappa shape index (κ1) is 21.0. The zero-order valence-corrected chi connectivity index (χ0v) is 16.7. The van der Waals surface area contributed by atoms with Crippen molar-refractivity contribution in [1.29, 1.82) is 0 Å². The van der Waals surface area contributed by atoms with E-state index < -0.39 is 0 Å². The molecule has 1 aromatic carbocycles. The maximum Gasteiger partial charge on any atom is 0.227 e. The molecule has 29 heavy (non-hydrogen) atoms. The van der Waals surface area contributed by atoms with Crippen LogP contribution in [0.3, 0.4) is 0 Å². The van der Waals surface area contributed by atoms with Crippen LogP contribution in [0.15, 0.2) is 22.7 Å². The topological polar surface area (TPSA) is 97.1 Å². The molecule has 1 saturated carbocycles. The Morgan fingerprint density at radius 2 is 1.93 bits per heavy atom.